The Kier molecular flexibility index (Phi) is 5.55. The highest BCUT2D eigenvalue weighted by Gasteiger charge is 2.33. The second-order valence-electron chi connectivity index (χ2n) is 6.68. The van der Waals surface area contributed by atoms with Crippen LogP contribution in [0, 0.1) is 0 Å². The maximum atomic E-state index is 12.7. The molecular formula is C18H25N3O4. The average molecular weight is 347 g/mol. The molecule has 1 heterocycles. The Morgan fingerprint density at radius 3 is 2.60 bits per heavy atom. The molecular weight excluding hydrogens is 322 g/mol. The zero-order valence-electron chi connectivity index (χ0n) is 14.3. The molecule has 2 aliphatic rings. The molecule has 2 atom stereocenters. The number of hydrogen-bond donors (Lipinski definition) is 2. The third kappa shape index (κ3) is 4.29. The Morgan fingerprint density at radius 2 is 1.96 bits per heavy atom. The van der Waals surface area contributed by atoms with Crippen molar-refractivity contribution in [3.8, 4) is 5.75 Å². The van der Waals surface area contributed by atoms with Gasteiger partial charge >= 0.3 is 0 Å². The molecule has 1 saturated heterocycles. The van der Waals surface area contributed by atoms with Gasteiger partial charge < -0.3 is 20.5 Å². The van der Waals surface area contributed by atoms with Gasteiger partial charge in [-0.2, -0.15) is 0 Å². The van der Waals surface area contributed by atoms with Crippen molar-refractivity contribution in [3.63, 3.8) is 0 Å². The fourth-order valence-electron chi connectivity index (χ4n) is 3.66. The summed E-state index contributed by atoms with van der Waals surface area (Å²) in [5, 5.41) is 10.0. The van der Waals surface area contributed by atoms with E-state index in [0.29, 0.717) is 24.4 Å². The molecule has 1 saturated carbocycles. The zero-order valence-corrected chi connectivity index (χ0v) is 14.3. The number of hydrogen-bond acceptors (Lipinski definition) is 5. The molecule has 2 fully saturated rings. The van der Waals surface area contributed by atoms with Gasteiger partial charge in [0.25, 0.3) is 11.8 Å². The monoisotopic (exact) mass is 347 g/mol. The van der Waals surface area contributed by atoms with Gasteiger partial charge in [0.15, 0.2) is 6.61 Å². The van der Waals surface area contributed by atoms with Gasteiger partial charge in [0, 0.05) is 37.8 Å². The number of piperazine rings is 1. The molecule has 0 unspecified atom stereocenters. The molecule has 0 aromatic heterocycles. The number of aliphatic hydroxyl groups is 1. The molecule has 3 rings (SSSR count). The molecule has 1 aromatic carbocycles. The fraction of sp³-hybridized carbons (Fsp3) is 0.556. The van der Waals surface area contributed by atoms with Gasteiger partial charge in [0.05, 0.1) is 6.10 Å². The predicted octanol–water partition coefficient (Wildman–Crippen LogP) is 0.222. The summed E-state index contributed by atoms with van der Waals surface area (Å²) in [4.78, 5) is 27.6. The van der Waals surface area contributed by atoms with Crippen LogP contribution in [0.4, 0.5) is 0 Å². The van der Waals surface area contributed by atoms with Crippen LogP contribution in [0.3, 0.4) is 0 Å². The smallest absolute Gasteiger partial charge is 0.255 e. The highest BCUT2D eigenvalue weighted by molar-refractivity contribution is 5.94. The van der Waals surface area contributed by atoms with Crippen molar-refractivity contribution in [3.05, 3.63) is 29.8 Å². The number of benzene rings is 1. The van der Waals surface area contributed by atoms with Crippen LogP contribution < -0.4 is 10.5 Å². The Labute approximate surface area is 147 Å². The molecule has 0 radical (unpaired) electrons. The van der Waals surface area contributed by atoms with E-state index in [1.54, 1.807) is 24.3 Å². The van der Waals surface area contributed by atoms with Crippen molar-refractivity contribution in [2.24, 2.45) is 5.73 Å². The summed E-state index contributed by atoms with van der Waals surface area (Å²) in [7, 11) is 0. The molecule has 25 heavy (non-hydrogen) atoms. The largest absolute Gasteiger partial charge is 0.484 e. The predicted molar refractivity (Wildman–Crippen MR) is 92.3 cm³/mol. The van der Waals surface area contributed by atoms with Gasteiger partial charge in [0.1, 0.15) is 5.75 Å². The van der Waals surface area contributed by atoms with Gasteiger partial charge in [-0.3, -0.25) is 14.5 Å². The first kappa shape index (κ1) is 17.7. The Bertz CT molecular complexity index is 629. The quantitative estimate of drug-likeness (QED) is 0.794. The Morgan fingerprint density at radius 1 is 1.20 bits per heavy atom. The second kappa shape index (κ2) is 7.84. The minimum absolute atomic E-state index is 0.0452. The number of carbonyl (C=O) groups is 2. The van der Waals surface area contributed by atoms with E-state index in [1.165, 1.54) is 0 Å². The second-order valence-corrected chi connectivity index (χ2v) is 6.68. The van der Waals surface area contributed by atoms with E-state index < -0.39 is 5.91 Å². The van der Waals surface area contributed by atoms with Crippen LogP contribution in [-0.4, -0.2) is 71.7 Å². The van der Waals surface area contributed by atoms with Crippen molar-refractivity contribution in [1.82, 2.24) is 9.80 Å². The lowest BCUT2D eigenvalue weighted by atomic mass is 10.1. The minimum Gasteiger partial charge on any atom is -0.484 e. The van der Waals surface area contributed by atoms with Crippen LogP contribution >= 0.6 is 0 Å². The van der Waals surface area contributed by atoms with E-state index in [2.05, 4.69) is 4.90 Å². The Balaban J connectivity index is 1.57. The molecule has 1 aliphatic carbocycles. The average Bonchev–Trinajstić information content (AvgIpc) is 3.06. The summed E-state index contributed by atoms with van der Waals surface area (Å²) in [5.74, 6) is -0.143. The summed E-state index contributed by atoms with van der Waals surface area (Å²) in [6.07, 6.45) is 2.75. The topological polar surface area (TPSA) is 96.1 Å². The van der Waals surface area contributed by atoms with E-state index in [-0.39, 0.29) is 24.7 Å². The zero-order chi connectivity index (χ0) is 17.8. The standard InChI is InChI=1S/C18H25N3O4/c19-17(23)12-25-14-4-1-3-13(11-14)18(24)21-9-7-20(8-10-21)15-5-2-6-16(15)22/h1,3-4,11,15-16,22H,2,5-10,12H2,(H2,19,23)/t15-,16-/m0/s1. The summed E-state index contributed by atoms with van der Waals surface area (Å²) < 4.78 is 5.26. The summed E-state index contributed by atoms with van der Waals surface area (Å²) >= 11 is 0. The van der Waals surface area contributed by atoms with Crippen molar-refractivity contribution in [2.75, 3.05) is 32.8 Å². The molecule has 0 spiro atoms. The highest BCUT2D eigenvalue weighted by atomic mass is 16.5. The molecule has 7 heteroatoms. The number of carbonyl (C=O) groups excluding carboxylic acids is 2. The van der Waals surface area contributed by atoms with Gasteiger partial charge in [-0.25, -0.2) is 0 Å². The van der Waals surface area contributed by atoms with E-state index in [1.807, 2.05) is 4.90 Å². The maximum Gasteiger partial charge on any atom is 0.255 e. The number of aliphatic hydroxyl groups excluding tert-OH is 1. The number of primary amides is 1. The minimum atomic E-state index is -0.554. The van der Waals surface area contributed by atoms with Crippen LogP contribution in [0.25, 0.3) is 0 Å². The lowest BCUT2D eigenvalue weighted by Gasteiger charge is -2.39. The normalized spacial score (nSPS) is 24.3. The first-order valence-electron chi connectivity index (χ1n) is 8.77. The van der Waals surface area contributed by atoms with E-state index in [0.717, 1.165) is 32.4 Å². The maximum absolute atomic E-state index is 12.7. The highest BCUT2D eigenvalue weighted by Crippen LogP contribution is 2.25. The first-order valence-corrected chi connectivity index (χ1v) is 8.77. The van der Waals surface area contributed by atoms with Crippen molar-refractivity contribution < 1.29 is 19.4 Å². The van der Waals surface area contributed by atoms with Gasteiger partial charge in [-0.1, -0.05) is 6.07 Å². The molecule has 136 valence electrons. The van der Waals surface area contributed by atoms with Crippen LogP contribution in [0.15, 0.2) is 24.3 Å². The van der Waals surface area contributed by atoms with Crippen molar-refractivity contribution >= 4 is 11.8 Å². The van der Waals surface area contributed by atoms with Gasteiger partial charge in [0.2, 0.25) is 0 Å². The first-order chi connectivity index (χ1) is 12.0. The van der Waals surface area contributed by atoms with Crippen molar-refractivity contribution in [2.45, 2.75) is 31.4 Å². The number of nitrogens with two attached hydrogens (primary N) is 1. The van der Waals surface area contributed by atoms with E-state index >= 15 is 0 Å². The van der Waals surface area contributed by atoms with Crippen LogP contribution in [-0.2, 0) is 4.79 Å². The lowest BCUT2D eigenvalue weighted by molar-refractivity contribution is -0.119. The number of rotatable bonds is 5. The molecule has 7 nitrogen and oxygen atoms in total. The summed E-state index contributed by atoms with van der Waals surface area (Å²) in [6, 6.07) is 7.04. The van der Waals surface area contributed by atoms with Crippen LogP contribution in [0.2, 0.25) is 0 Å². The molecule has 3 N–H and O–H groups in total. The number of nitrogens with zero attached hydrogens (tertiary/aromatic N) is 2. The van der Waals surface area contributed by atoms with Crippen LogP contribution in [0.5, 0.6) is 5.75 Å². The number of ether oxygens (including phenoxy) is 1. The van der Waals surface area contributed by atoms with Gasteiger partial charge in [-0.05, 0) is 37.5 Å². The van der Waals surface area contributed by atoms with Crippen molar-refractivity contribution in [1.29, 1.82) is 0 Å². The number of amides is 2. The van der Waals surface area contributed by atoms with Crippen LogP contribution in [0.1, 0.15) is 29.6 Å². The summed E-state index contributed by atoms with van der Waals surface area (Å²) in [5.41, 5.74) is 5.61. The SMILES string of the molecule is NC(=O)COc1cccc(C(=O)N2CCN([C@H]3CCC[C@@H]3O)CC2)c1. The molecule has 0 bridgehead atoms. The third-order valence-electron chi connectivity index (χ3n) is 4.98. The van der Waals surface area contributed by atoms with E-state index in [9.17, 15) is 14.7 Å². The third-order valence-corrected chi connectivity index (χ3v) is 4.98. The lowest BCUT2D eigenvalue weighted by Crippen LogP contribution is -2.53. The molecule has 2 amide bonds. The Hall–Kier alpha value is -2.12. The fourth-order valence-corrected chi connectivity index (χ4v) is 3.66. The van der Waals surface area contributed by atoms with E-state index in [4.69, 9.17) is 10.5 Å². The van der Waals surface area contributed by atoms with Gasteiger partial charge in [-0.15, -0.1) is 0 Å². The molecule has 1 aliphatic heterocycles. The molecule has 1 aromatic rings. The summed E-state index contributed by atoms with van der Waals surface area (Å²) in [6.45, 7) is 2.65.